The van der Waals surface area contributed by atoms with Crippen molar-refractivity contribution in [3.8, 4) is 0 Å². The number of hydrogen-bond acceptors (Lipinski definition) is 4. The van der Waals surface area contributed by atoms with Crippen molar-refractivity contribution in [2.45, 2.75) is 45.2 Å². The van der Waals surface area contributed by atoms with Crippen LogP contribution in [-0.4, -0.2) is 59.6 Å². The maximum absolute atomic E-state index is 13.0. The molecule has 1 atom stereocenters. The van der Waals surface area contributed by atoms with E-state index in [2.05, 4.69) is 15.1 Å². The summed E-state index contributed by atoms with van der Waals surface area (Å²) in [6.07, 6.45) is 0.414. The Hall–Kier alpha value is -2.15. The number of nitrogens with one attached hydrogen (secondary N) is 1. The molecule has 7 heteroatoms. The van der Waals surface area contributed by atoms with Gasteiger partial charge in [-0.15, -0.1) is 0 Å². The number of rotatable bonds is 7. The topological polar surface area (TPSA) is 72.9 Å². The molecule has 6 nitrogen and oxygen atoms in total. The molecule has 1 unspecified atom stereocenters. The number of halogens is 1. The highest BCUT2D eigenvalue weighted by Crippen LogP contribution is 2.18. The van der Waals surface area contributed by atoms with E-state index in [0.717, 1.165) is 31.9 Å². The van der Waals surface area contributed by atoms with Gasteiger partial charge in [-0.25, -0.2) is 4.39 Å². The Morgan fingerprint density at radius 2 is 1.77 bits per heavy atom. The largest absolute Gasteiger partial charge is 0.481 e. The number of piperazine rings is 1. The van der Waals surface area contributed by atoms with Crippen LogP contribution in [-0.2, 0) is 9.59 Å². The van der Waals surface area contributed by atoms with Crippen LogP contribution in [0, 0.1) is 5.82 Å². The van der Waals surface area contributed by atoms with Gasteiger partial charge in [-0.2, -0.15) is 0 Å². The van der Waals surface area contributed by atoms with Crippen molar-refractivity contribution in [3.63, 3.8) is 0 Å². The summed E-state index contributed by atoms with van der Waals surface area (Å²) in [5.74, 6) is -1.20. The number of aliphatic carboxylic acids is 1. The quantitative estimate of drug-likeness (QED) is 0.774. The molecule has 1 amide bonds. The maximum Gasteiger partial charge on any atom is 0.303 e. The first-order chi connectivity index (χ1) is 12.2. The zero-order valence-electron chi connectivity index (χ0n) is 15.7. The van der Waals surface area contributed by atoms with Gasteiger partial charge in [-0.1, -0.05) is 0 Å². The third-order valence-corrected chi connectivity index (χ3v) is 4.86. The Balaban J connectivity index is 1.85. The average Bonchev–Trinajstić information content (AvgIpc) is 2.60. The number of benzene rings is 1. The molecule has 1 aliphatic heterocycles. The van der Waals surface area contributed by atoms with E-state index in [4.69, 9.17) is 5.11 Å². The summed E-state index contributed by atoms with van der Waals surface area (Å²) in [6, 6.07) is 6.17. The molecule has 1 heterocycles. The monoisotopic (exact) mass is 365 g/mol. The predicted octanol–water partition coefficient (Wildman–Crippen LogP) is 2.10. The van der Waals surface area contributed by atoms with E-state index >= 15 is 0 Å². The number of hydrogen-bond donors (Lipinski definition) is 2. The van der Waals surface area contributed by atoms with Crippen LogP contribution < -0.4 is 10.2 Å². The first kappa shape index (κ1) is 20.2. The molecule has 1 aromatic carbocycles. The Morgan fingerprint density at radius 1 is 1.19 bits per heavy atom. The van der Waals surface area contributed by atoms with Crippen LogP contribution in [0.2, 0.25) is 0 Å². The normalized spacial score (nSPS) is 17.0. The van der Waals surface area contributed by atoms with Gasteiger partial charge >= 0.3 is 5.97 Å². The molecule has 144 valence electrons. The summed E-state index contributed by atoms with van der Waals surface area (Å²) in [4.78, 5) is 27.6. The summed E-state index contributed by atoms with van der Waals surface area (Å²) >= 11 is 0. The number of carboxylic acid groups (broad SMARTS) is 1. The molecule has 1 fully saturated rings. The van der Waals surface area contributed by atoms with Gasteiger partial charge < -0.3 is 15.3 Å². The van der Waals surface area contributed by atoms with E-state index in [-0.39, 0.29) is 24.2 Å². The van der Waals surface area contributed by atoms with Crippen LogP contribution in [0.1, 0.15) is 33.6 Å². The SMILES string of the molecule is CC(C(=O)NC(C)(C)CCC(=O)O)N1CCN(c2ccc(F)cc2)CC1. The van der Waals surface area contributed by atoms with Gasteiger partial charge in [0.2, 0.25) is 5.91 Å². The fourth-order valence-corrected chi connectivity index (χ4v) is 3.11. The van der Waals surface area contributed by atoms with Crippen molar-refractivity contribution in [2.75, 3.05) is 31.1 Å². The van der Waals surface area contributed by atoms with Crippen molar-refractivity contribution in [3.05, 3.63) is 30.1 Å². The van der Waals surface area contributed by atoms with E-state index in [1.54, 1.807) is 12.1 Å². The zero-order valence-corrected chi connectivity index (χ0v) is 15.7. The minimum Gasteiger partial charge on any atom is -0.481 e. The van der Waals surface area contributed by atoms with Crippen LogP contribution in [0.3, 0.4) is 0 Å². The fourth-order valence-electron chi connectivity index (χ4n) is 3.11. The number of carbonyl (C=O) groups is 2. The molecule has 0 spiro atoms. The van der Waals surface area contributed by atoms with Gasteiger partial charge in [0.1, 0.15) is 5.82 Å². The third-order valence-electron chi connectivity index (χ3n) is 4.86. The molecule has 0 bridgehead atoms. The summed E-state index contributed by atoms with van der Waals surface area (Å²) in [5, 5.41) is 11.8. The van der Waals surface area contributed by atoms with Crippen molar-refractivity contribution in [2.24, 2.45) is 0 Å². The lowest BCUT2D eigenvalue weighted by molar-refractivity contribution is -0.138. The molecular weight excluding hydrogens is 337 g/mol. The number of anilines is 1. The van der Waals surface area contributed by atoms with Crippen molar-refractivity contribution in [1.82, 2.24) is 10.2 Å². The Bertz CT molecular complexity index is 625. The number of nitrogens with zero attached hydrogens (tertiary/aromatic N) is 2. The van der Waals surface area contributed by atoms with Crippen LogP contribution >= 0.6 is 0 Å². The lowest BCUT2D eigenvalue weighted by atomic mass is 9.97. The van der Waals surface area contributed by atoms with Gasteiger partial charge in [0.05, 0.1) is 6.04 Å². The smallest absolute Gasteiger partial charge is 0.303 e. The Labute approximate surface area is 154 Å². The van der Waals surface area contributed by atoms with Crippen LogP contribution in [0.5, 0.6) is 0 Å². The average molecular weight is 365 g/mol. The molecule has 26 heavy (non-hydrogen) atoms. The van der Waals surface area contributed by atoms with Crippen molar-refractivity contribution >= 4 is 17.6 Å². The lowest BCUT2D eigenvalue weighted by Gasteiger charge is -2.39. The minimum absolute atomic E-state index is 0.0258. The molecule has 1 aliphatic rings. The second-order valence-corrected chi connectivity index (χ2v) is 7.44. The van der Waals surface area contributed by atoms with Crippen molar-refractivity contribution < 1.29 is 19.1 Å². The van der Waals surface area contributed by atoms with Crippen LogP contribution in [0.15, 0.2) is 24.3 Å². The predicted molar refractivity (Wildman–Crippen MR) is 98.7 cm³/mol. The highest BCUT2D eigenvalue weighted by atomic mass is 19.1. The van der Waals surface area contributed by atoms with E-state index in [9.17, 15) is 14.0 Å². The van der Waals surface area contributed by atoms with E-state index < -0.39 is 11.5 Å². The first-order valence-corrected chi connectivity index (χ1v) is 8.96. The maximum atomic E-state index is 13.0. The summed E-state index contributed by atoms with van der Waals surface area (Å²) in [6.45, 7) is 8.57. The van der Waals surface area contributed by atoms with Gasteiger partial charge in [0.15, 0.2) is 0 Å². The molecule has 0 saturated carbocycles. The number of carbonyl (C=O) groups excluding carboxylic acids is 1. The van der Waals surface area contributed by atoms with Crippen molar-refractivity contribution in [1.29, 1.82) is 0 Å². The summed E-state index contributed by atoms with van der Waals surface area (Å²) in [7, 11) is 0. The number of carboxylic acids is 1. The lowest BCUT2D eigenvalue weighted by Crippen LogP contribution is -2.56. The van der Waals surface area contributed by atoms with E-state index in [1.165, 1.54) is 12.1 Å². The highest BCUT2D eigenvalue weighted by molar-refractivity contribution is 5.82. The standard InChI is InChI=1S/C19H28FN3O3/c1-14(18(26)21-19(2,3)9-8-17(24)25)22-10-12-23(13-11-22)16-6-4-15(20)5-7-16/h4-7,14H,8-13H2,1-3H3,(H,21,26)(H,24,25). The second-order valence-electron chi connectivity index (χ2n) is 7.44. The minimum atomic E-state index is -0.864. The third kappa shape index (κ3) is 5.69. The molecule has 0 aromatic heterocycles. The molecule has 2 N–H and O–H groups in total. The molecule has 1 saturated heterocycles. The van der Waals surface area contributed by atoms with Crippen LogP contribution in [0.25, 0.3) is 0 Å². The molecule has 0 radical (unpaired) electrons. The van der Waals surface area contributed by atoms with E-state index in [0.29, 0.717) is 6.42 Å². The molecule has 1 aromatic rings. The van der Waals surface area contributed by atoms with Gasteiger partial charge in [-0.05, 0) is 51.5 Å². The highest BCUT2D eigenvalue weighted by Gasteiger charge is 2.29. The summed E-state index contributed by atoms with van der Waals surface area (Å²) in [5.41, 5.74) is 0.428. The van der Waals surface area contributed by atoms with Gasteiger partial charge in [0.25, 0.3) is 0 Å². The number of amides is 1. The zero-order chi connectivity index (χ0) is 19.3. The Kier molecular flexibility index (Phi) is 6.58. The second kappa shape index (κ2) is 8.49. The van der Waals surface area contributed by atoms with Gasteiger partial charge in [-0.3, -0.25) is 14.5 Å². The Morgan fingerprint density at radius 3 is 2.31 bits per heavy atom. The first-order valence-electron chi connectivity index (χ1n) is 8.96. The molecule has 2 rings (SSSR count). The summed E-state index contributed by atoms with van der Waals surface area (Å²) < 4.78 is 13.0. The van der Waals surface area contributed by atoms with E-state index in [1.807, 2.05) is 20.8 Å². The fraction of sp³-hybridized carbons (Fsp3) is 0.579. The molecule has 0 aliphatic carbocycles. The van der Waals surface area contributed by atoms with Crippen LogP contribution in [0.4, 0.5) is 10.1 Å². The van der Waals surface area contributed by atoms with Gasteiger partial charge in [0, 0.05) is 43.8 Å². The molecular formula is C19H28FN3O3.